The van der Waals surface area contributed by atoms with Crippen LogP contribution in [0.2, 0.25) is 0 Å². The second-order valence-electron chi connectivity index (χ2n) is 8.33. The topological polar surface area (TPSA) is 109 Å². The number of methoxy groups -OCH3 is 4. The van der Waals surface area contributed by atoms with Crippen LogP contribution < -0.4 is 35.4 Å². The first-order chi connectivity index (χ1) is 15.8. The molecule has 2 atom stereocenters. The molecule has 2 aromatic carbocycles. The lowest BCUT2D eigenvalue weighted by Crippen LogP contribution is -2.45. The predicted molar refractivity (Wildman–Crippen MR) is 134 cm³/mol. The van der Waals surface area contributed by atoms with E-state index in [-0.39, 0.29) is 35.4 Å². The summed E-state index contributed by atoms with van der Waals surface area (Å²) in [6.07, 6.45) is 1.17. The summed E-state index contributed by atoms with van der Waals surface area (Å²) < 4.78 is 22.2. The fourth-order valence-corrected chi connectivity index (χ4v) is 4.19. The Kier molecular flexibility index (Phi) is 9.18. The molecule has 0 radical (unpaired) electrons. The van der Waals surface area contributed by atoms with Gasteiger partial charge in [-0.25, -0.2) is 0 Å². The Bertz CT molecular complexity index is 1110. The molecule has 1 aliphatic rings. The SMILES string of the molecule is COc1cc2c(c(OC)c1OC)-c1ccc(OC)c(=O)cc1[C@@H](NC(=O)[C@@H](N)C(C)C)CC2.Cl. The molecule has 1 amide bonds. The predicted octanol–water partition coefficient (Wildman–Crippen LogP) is 3.26. The molecule has 0 fully saturated rings. The Labute approximate surface area is 206 Å². The van der Waals surface area contributed by atoms with Crippen LogP contribution in [0.5, 0.6) is 23.0 Å². The number of aryl methyl sites for hydroxylation is 1. The molecule has 9 heteroatoms. The zero-order chi connectivity index (χ0) is 24.3. The van der Waals surface area contributed by atoms with Crippen LogP contribution in [-0.4, -0.2) is 40.4 Å². The average molecular weight is 493 g/mol. The number of carbonyl (C=O) groups is 1. The van der Waals surface area contributed by atoms with Crippen molar-refractivity contribution in [1.82, 2.24) is 5.32 Å². The van der Waals surface area contributed by atoms with Crippen LogP contribution >= 0.6 is 12.4 Å². The van der Waals surface area contributed by atoms with Gasteiger partial charge in [-0.05, 0) is 53.6 Å². The molecule has 0 unspecified atom stereocenters. The first-order valence-electron chi connectivity index (χ1n) is 10.9. The summed E-state index contributed by atoms with van der Waals surface area (Å²) >= 11 is 0. The van der Waals surface area contributed by atoms with Gasteiger partial charge in [0, 0.05) is 5.56 Å². The Morgan fingerprint density at radius 2 is 1.65 bits per heavy atom. The van der Waals surface area contributed by atoms with Crippen molar-refractivity contribution < 1.29 is 23.7 Å². The van der Waals surface area contributed by atoms with Crippen molar-refractivity contribution in [3.8, 4) is 34.1 Å². The number of nitrogens with two attached hydrogens (primary N) is 1. The van der Waals surface area contributed by atoms with Crippen LogP contribution in [0.25, 0.3) is 11.1 Å². The van der Waals surface area contributed by atoms with Crippen molar-refractivity contribution in [2.45, 2.75) is 38.8 Å². The van der Waals surface area contributed by atoms with Crippen molar-refractivity contribution in [3.05, 3.63) is 45.6 Å². The number of carbonyl (C=O) groups excluding carboxylic acids is 1. The minimum Gasteiger partial charge on any atom is -0.493 e. The molecule has 0 heterocycles. The lowest BCUT2D eigenvalue weighted by molar-refractivity contribution is -0.124. The van der Waals surface area contributed by atoms with Gasteiger partial charge < -0.3 is 30.0 Å². The molecule has 0 saturated carbocycles. The van der Waals surface area contributed by atoms with Crippen LogP contribution in [0, 0.1) is 5.92 Å². The van der Waals surface area contributed by atoms with E-state index in [2.05, 4.69) is 5.32 Å². The third-order valence-electron chi connectivity index (χ3n) is 6.06. The largest absolute Gasteiger partial charge is 0.493 e. The molecule has 3 rings (SSSR count). The number of hydrogen-bond acceptors (Lipinski definition) is 7. The van der Waals surface area contributed by atoms with E-state index in [1.807, 2.05) is 26.0 Å². The van der Waals surface area contributed by atoms with Gasteiger partial charge in [0.2, 0.25) is 17.1 Å². The fraction of sp³-hybridized carbons (Fsp3) is 0.440. The maximum Gasteiger partial charge on any atom is 0.237 e. The van der Waals surface area contributed by atoms with Gasteiger partial charge >= 0.3 is 0 Å². The summed E-state index contributed by atoms with van der Waals surface area (Å²) in [5, 5.41) is 3.06. The van der Waals surface area contributed by atoms with Crippen molar-refractivity contribution in [1.29, 1.82) is 0 Å². The van der Waals surface area contributed by atoms with E-state index >= 15 is 0 Å². The van der Waals surface area contributed by atoms with E-state index in [9.17, 15) is 9.59 Å². The standard InChI is InChI=1S/C25H32N2O6.ClH/c1-13(2)22(26)25(29)27-17-9-7-14-11-20(31-4)23(32-5)24(33-6)21(14)15-8-10-19(30-3)18(28)12-16(15)17;/h8,10-13,17,22H,7,9,26H2,1-6H3,(H,27,29);1H/t17-,22-;/m0./s1. The highest BCUT2D eigenvalue weighted by atomic mass is 35.5. The summed E-state index contributed by atoms with van der Waals surface area (Å²) in [6.45, 7) is 3.79. The molecule has 186 valence electrons. The molecule has 0 saturated heterocycles. The Balaban J connectivity index is 0.00000408. The molecule has 3 N–H and O–H groups in total. The third kappa shape index (κ3) is 5.08. The van der Waals surface area contributed by atoms with Gasteiger partial charge in [-0.2, -0.15) is 0 Å². The fourth-order valence-electron chi connectivity index (χ4n) is 4.19. The van der Waals surface area contributed by atoms with Gasteiger partial charge in [-0.3, -0.25) is 9.59 Å². The van der Waals surface area contributed by atoms with Gasteiger partial charge in [-0.1, -0.05) is 19.9 Å². The molecular weight excluding hydrogens is 460 g/mol. The number of benzene rings is 1. The highest BCUT2D eigenvalue weighted by molar-refractivity contribution is 5.86. The van der Waals surface area contributed by atoms with E-state index in [1.54, 1.807) is 27.4 Å². The molecule has 0 bridgehead atoms. The van der Waals surface area contributed by atoms with Gasteiger partial charge in [-0.15, -0.1) is 12.4 Å². The zero-order valence-electron chi connectivity index (χ0n) is 20.4. The zero-order valence-corrected chi connectivity index (χ0v) is 21.2. The van der Waals surface area contributed by atoms with E-state index in [4.69, 9.17) is 24.7 Å². The monoisotopic (exact) mass is 492 g/mol. The van der Waals surface area contributed by atoms with E-state index in [0.717, 1.165) is 16.7 Å². The van der Waals surface area contributed by atoms with Crippen LogP contribution in [0.1, 0.15) is 37.4 Å². The maximum atomic E-state index is 12.9. The van der Waals surface area contributed by atoms with Crippen molar-refractivity contribution in [3.63, 3.8) is 0 Å². The van der Waals surface area contributed by atoms with Crippen LogP contribution in [0.3, 0.4) is 0 Å². The van der Waals surface area contributed by atoms with Crippen molar-refractivity contribution in [2.24, 2.45) is 11.7 Å². The summed E-state index contributed by atoms with van der Waals surface area (Å²) in [4.78, 5) is 25.7. The molecule has 0 aromatic heterocycles. The second kappa shape index (κ2) is 11.4. The highest BCUT2D eigenvalue weighted by Gasteiger charge is 2.31. The number of amides is 1. The number of halogens is 1. The summed E-state index contributed by atoms with van der Waals surface area (Å²) in [7, 11) is 6.13. The van der Waals surface area contributed by atoms with Gasteiger partial charge in [0.05, 0.1) is 40.5 Å². The second-order valence-corrected chi connectivity index (χ2v) is 8.33. The number of rotatable bonds is 7. The Hall–Kier alpha value is -2.97. The first kappa shape index (κ1) is 27.3. The molecular formula is C25H33ClN2O6. The van der Waals surface area contributed by atoms with Crippen molar-refractivity contribution in [2.75, 3.05) is 28.4 Å². The van der Waals surface area contributed by atoms with E-state index in [0.29, 0.717) is 35.7 Å². The summed E-state index contributed by atoms with van der Waals surface area (Å²) in [6, 6.07) is 5.78. The molecule has 0 aliphatic heterocycles. The Morgan fingerprint density at radius 1 is 1.00 bits per heavy atom. The number of ether oxygens (including phenoxy) is 4. The minimum atomic E-state index is -0.660. The third-order valence-corrected chi connectivity index (χ3v) is 6.06. The van der Waals surface area contributed by atoms with E-state index < -0.39 is 12.1 Å². The number of nitrogens with one attached hydrogen (secondary N) is 1. The quantitative estimate of drug-likeness (QED) is 0.610. The first-order valence-corrected chi connectivity index (χ1v) is 10.9. The number of fused-ring (bicyclic) bond motifs is 3. The summed E-state index contributed by atoms with van der Waals surface area (Å²) in [5.41, 5.74) is 8.95. The smallest absolute Gasteiger partial charge is 0.237 e. The molecule has 0 spiro atoms. The Morgan fingerprint density at radius 3 is 2.21 bits per heavy atom. The maximum absolute atomic E-state index is 12.9. The van der Waals surface area contributed by atoms with Crippen LogP contribution in [0.4, 0.5) is 0 Å². The lowest BCUT2D eigenvalue weighted by Gasteiger charge is -2.22. The van der Waals surface area contributed by atoms with Gasteiger partial charge in [0.25, 0.3) is 0 Å². The number of hydrogen-bond donors (Lipinski definition) is 2. The van der Waals surface area contributed by atoms with E-state index in [1.165, 1.54) is 13.2 Å². The van der Waals surface area contributed by atoms with Crippen LogP contribution in [-0.2, 0) is 11.2 Å². The molecule has 1 aliphatic carbocycles. The lowest BCUT2D eigenvalue weighted by atomic mass is 9.95. The highest BCUT2D eigenvalue weighted by Crippen LogP contribution is 2.50. The van der Waals surface area contributed by atoms with Crippen LogP contribution in [0.15, 0.2) is 29.1 Å². The van der Waals surface area contributed by atoms with Crippen molar-refractivity contribution >= 4 is 18.3 Å². The molecule has 8 nitrogen and oxygen atoms in total. The molecule has 34 heavy (non-hydrogen) atoms. The minimum absolute atomic E-state index is 0. The molecule has 2 aromatic rings. The van der Waals surface area contributed by atoms with Gasteiger partial charge in [0.15, 0.2) is 17.2 Å². The van der Waals surface area contributed by atoms with Gasteiger partial charge in [0.1, 0.15) is 0 Å². The summed E-state index contributed by atoms with van der Waals surface area (Å²) in [5.74, 6) is 1.41. The average Bonchev–Trinajstić information content (AvgIpc) is 3.05. The normalized spacial score (nSPS) is 15.1.